The van der Waals surface area contributed by atoms with Gasteiger partial charge in [0.2, 0.25) is 5.91 Å². The first-order valence-electron chi connectivity index (χ1n) is 9.62. The maximum Gasteiger partial charge on any atom is 0.222 e. The van der Waals surface area contributed by atoms with Crippen LogP contribution in [0.5, 0.6) is 11.5 Å². The lowest BCUT2D eigenvalue weighted by atomic mass is 10.2. The van der Waals surface area contributed by atoms with Gasteiger partial charge >= 0.3 is 0 Å². The van der Waals surface area contributed by atoms with Gasteiger partial charge in [0, 0.05) is 38.2 Å². The topological polar surface area (TPSA) is 50.8 Å². The number of benzene rings is 1. The Morgan fingerprint density at radius 2 is 2.04 bits per heavy atom. The molecule has 5 heteroatoms. The fourth-order valence-corrected chi connectivity index (χ4v) is 3.05. The first-order valence-corrected chi connectivity index (χ1v) is 9.62. The predicted molar refractivity (Wildman–Crippen MR) is 100 cm³/mol. The van der Waals surface area contributed by atoms with Crippen LogP contribution in [0.2, 0.25) is 0 Å². The van der Waals surface area contributed by atoms with Crippen LogP contribution in [-0.4, -0.2) is 43.7 Å². The third-order valence-corrected chi connectivity index (χ3v) is 4.36. The molecule has 1 fully saturated rings. The third kappa shape index (κ3) is 6.24. The average Bonchev–Trinajstić information content (AvgIpc) is 2.82. The van der Waals surface area contributed by atoms with Crippen molar-refractivity contribution in [1.29, 1.82) is 0 Å². The van der Waals surface area contributed by atoms with Gasteiger partial charge in [-0.3, -0.25) is 4.79 Å². The molecule has 0 unspecified atom stereocenters. The zero-order valence-electron chi connectivity index (χ0n) is 15.7. The van der Waals surface area contributed by atoms with Crippen LogP contribution in [-0.2, 0) is 11.3 Å². The Bertz CT molecular complexity index is 534. The summed E-state index contributed by atoms with van der Waals surface area (Å²) in [5.41, 5.74) is 1.10. The minimum Gasteiger partial charge on any atom is -0.490 e. The van der Waals surface area contributed by atoms with E-state index in [2.05, 4.69) is 18.3 Å². The minimum absolute atomic E-state index is 0.296. The number of nitrogens with zero attached hydrogens (tertiary/aromatic N) is 1. The van der Waals surface area contributed by atoms with E-state index in [4.69, 9.17) is 9.47 Å². The number of para-hydroxylation sites is 1. The zero-order valence-corrected chi connectivity index (χ0v) is 15.7. The Labute approximate surface area is 151 Å². The van der Waals surface area contributed by atoms with E-state index >= 15 is 0 Å². The summed E-state index contributed by atoms with van der Waals surface area (Å²) in [5.74, 6) is 1.94. The zero-order chi connectivity index (χ0) is 17.9. The van der Waals surface area contributed by atoms with E-state index in [1.54, 1.807) is 0 Å². The number of ether oxygens (including phenoxy) is 2. The van der Waals surface area contributed by atoms with Crippen molar-refractivity contribution < 1.29 is 14.3 Å². The number of rotatable bonds is 10. The molecule has 0 spiro atoms. The molecule has 1 saturated heterocycles. The lowest BCUT2D eigenvalue weighted by Crippen LogP contribution is -2.36. The predicted octanol–water partition coefficient (Wildman–Crippen LogP) is 3.37. The highest BCUT2D eigenvalue weighted by atomic mass is 16.5. The molecule has 1 aromatic carbocycles. The molecule has 1 aliphatic rings. The number of likely N-dealkylation sites (tertiary alicyclic amines) is 1. The van der Waals surface area contributed by atoms with E-state index in [1.807, 2.05) is 24.0 Å². The normalized spacial score (nSPS) is 15.1. The lowest BCUT2D eigenvalue weighted by molar-refractivity contribution is -0.130. The van der Waals surface area contributed by atoms with Gasteiger partial charge in [0.1, 0.15) is 0 Å². The summed E-state index contributed by atoms with van der Waals surface area (Å²) >= 11 is 0. The van der Waals surface area contributed by atoms with Crippen molar-refractivity contribution in [2.24, 2.45) is 0 Å². The quantitative estimate of drug-likeness (QED) is 0.659. The maximum atomic E-state index is 12.0. The van der Waals surface area contributed by atoms with E-state index in [-0.39, 0.29) is 0 Å². The Kier molecular flexibility index (Phi) is 8.60. The Morgan fingerprint density at radius 1 is 1.16 bits per heavy atom. The van der Waals surface area contributed by atoms with E-state index in [0.717, 1.165) is 62.4 Å². The van der Waals surface area contributed by atoms with E-state index in [0.29, 0.717) is 32.1 Å². The van der Waals surface area contributed by atoms with Gasteiger partial charge in [0.25, 0.3) is 0 Å². The number of nitrogens with one attached hydrogen (secondary N) is 1. The number of carbonyl (C=O) groups excluding carboxylic acids is 1. The smallest absolute Gasteiger partial charge is 0.222 e. The molecule has 1 aromatic rings. The minimum atomic E-state index is 0.296. The molecular weight excluding hydrogens is 316 g/mol. The molecule has 0 saturated carbocycles. The molecule has 1 aliphatic heterocycles. The van der Waals surface area contributed by atoms with Crippen molar-refractivity contribution in [1.82, 2.24) is 10.2 Å². The van der Waals surface area contributed by atoms with Crippen molar-refractivity contribution in [2.45, 2.75) is 52.5 Å². The van der Waals surface area contributed by atoms with Gasteiger partial charge in [0.05, 0.1) is 13.2 Å². The van der Waals surface area contributed by atoms with Crippen LogP contribution in [0.1, 0.15) is 51.5 Å². The number of carbonyl (C=O) groups is 1. The van der Waals surface area contributed by atoms with E-state index in [9.17, 15) is 4.79 Å². The largest absolute Gasteiger partial charge is 0.490 e. The van der Waals surface area contributed by atoms with Crippen LogP contribution >= 0.6 is 0 Å². The molecule has 0 aromatic heterocycles. The molecule has 0 aliphatic carbocycles. The SMILES string of the molecule is CCCOc1c(CNCCN2CCCCCC2=O)cccc1OCC. The van der Waals surface area contributed by atoms with Gasteiger partial charge in [-0.2, -0.15) is 0 Å². The fourth-order valence-electron chi connectivity index (χ4n) is 3.05. The summed E-state index contributed by atoms with van der Waals surface area (Å²) in [4.78, 5) is 14.0. The van der Waals surface area contributed by atoms with Crippen LogP contribution in [0.3, 0.4) is 0 Å². The van der Waals surface area contributed by atoms with Gasteiger partial charge in [-0.15, -0.1) is 0 Å². The highest BCUT2D eigenvalue weighted by Gasteiger charge is 2.16. The number of hydrogen-bond acceptors (Lipinski definition) is 4. The standard InChI is InChI=1S/C20H32N2O3/c1-3-15-25-20-17(9-8-10-18(20)24-4-2)16-21-12-14-22-13-7-5-6-11-19(22)23/h8-10,21H,3-7,11-16H2,1-2H3. The maximum absolute atomic E-state index is 12.0. The molecule has 140 valence electrons. The fraction of sp³-hybridized carbons (Fsp3) is 0.650. The molecule has 5 nitrogen and oxygen atoms in total. The lowest BCUT2D eigenvalue weighted by Gasteiger charge is -2.21. The van der Waals surface area contributed by atoms with Crippen LogP contribution in [0.15, 0.2) is 18.2 Å². The summed E-state index contributed by atoms with van der Waals surface area (Å²) in [6.45, 7) is 8.54. The summed E-state index contributed by atoms with van der Waals surface area (Å²) in [7, 11) is 0. The third-order valence-electron chi connectivity index (χ3n) is 4.36. The molecule has 2 rings (SSSR count). The molecule has 1 N–H and O–H groups in total. The van der Waals surface area contributed by atoms with Gasteiger partial charge in [-0.05, 0) is 32.3 Å². The first kappa shape index (κ1) is 19.6. The van der Waals surface area contributed by atoms with Crippen molar-refractivity contribution in [3.63, 3.8) is 0 Å². The van der Waals surface area contributed by atoms with Crippen molar-refractivity contribution in [2.75, 3.05) is 32.8 Å². The Hall–Kier alpha value is -1.75. The van der Waals surface area contributed by atoms with Crippen LogP contribution in [0.4, 0.5) is 0 Å². The molecule has 25 heavy (non-hydrogen) atoms. The van der Waals surface area contributed by atoms with Gasteiger partial charge in [0.15, 0.2) is 11.5 Å². The van der Waals surface area contributed by atoms with Crippen molar-refractivity contribution >= 4 is 5.91 Å². The summed E-state index contributed by atoms with van der Waals surface area (Å²) in [6.07, 6.45) is 4.98. The summed E-state index contributed by atoms with van der Waals surface area (Å²) in [5, 5.41) is 3.45. The average molecular weight is 348 g/mol. The molecule has 1 heterocycles. The second-order valence-electron chi connectivity index (χ2n) is 6.39. The number of hydrogen-bond donors (Lipinski definition) is 1. The van der Waals surface area contributed by atoms with E-state index in [1.165, 1.54) is 0 Å². The molecule has 1 amide bonds. The molecule has 0 bridgehead atoms. The van der Waals surface area contributed by atoms with Gasteiger partial charge < -0.3 is 19.7 Å². The monoisotopic (exact) mass is 348 g/mol. The van der Waals surface area contributed by atoms with Crippen molar-refractivity contribution in [3.05, 3.63) is 23.8 Å². The Balaban J connectivity index is 1.88. The molecular formula is C20H32N2O3. The van der Waals surface area contributed by atoms with Crippen molar-refractivity contribution in [3.8, 4) is 11.5 Å². The highest BCUT2D eigenvalue weighted by molar-refractivity contribution is 5.76. The van der Waals surface area contributed by atoms with Gasteiger partial charge in [-0.25, -0.2) is 0 Å². The first-order chi connectivity index (χ1) is 12.3. The highest BCUT2D eigenvalue weighted by Crippen LogP contribution is 2.31. The second kappa shape index (κ2) is 11.0. The molecule has 0 radical (unpaired) electrons. The van der Waals surface area contributed by atoms with Crippen LogP contribution in [0.25, 0.3) is 0 Å². The van der Waals surface area contributed by atoms with Gasteiger partial charge in [-0.1, -0.05) is 25.5 Å². The Morgan fingerprint density at radius 3 is 2.84 bits per heavy atom. The summed E-state index contributed by atoms with van der Waals surface area (Å²) < 4.78 is 11.6. The number of amides is 1. The second-order valence-corrected chi connectivity index (χ2v) is 6.39. The van der Waals surface area contributed by atoms with Crippen LogP contribution in [0, 0.1) is 0 Å². The van der Waals surface area contributed by atoms with Crippen LogP contribution < -0.4 is 14.8 Å². The van der Waals surface area contributed by atoms with E-state index < -0.39 is 0 Å². The molecule has 0 atom stereocenters. The summed E-state index contributed by atoms with van der Waals surface area (Å²) in [6, 6.07) is 6.02.